The molecule has 0 fully saturated rings. The van der Waals surface area contributed by atoms with Crippen molar-refractivity contribution in [2.24, 2.45) is 5.92 Å². The van der Waals surface area contributed by atoms with Crippen LogP contribution in [-0.4, -0.2) is 16.5 Å². The summed E-state index contributed by atoms with van der Waals surface area (Å²) in [5, 5.41) is 2.89. The summed E-state index contributed by atoms with van der Waals surface area (Å²) >= 11 is 5.50. The molecule has 0 atom stereocenters. The number of halogens is 2. The van der Waals surface area contributed by atoms with E-state index >= 15 is 0 Å². The third kappa shape index (κ3) is 3.14. The Morgan fingerprint density at radius 1 is 1.62 bits per heavy atom. The summed E-state index contributed by atoms with van der Waals surface area (Å²) in [7, 11) is 0. The summed E-state index contributed by atoms with van der Waals surface area (Å²) in [5.41, 5.74) is 0. The molecule has 0 amide bonds. The van der Waals surface area contributed by atoms with Crippen LogP contribution in [0.5, 0.6) is 0 Å². The average Bonchev–Trinajstić information content (AvgIpc) is 2.06. The van der Waals surface area contributed by atoms with E-state index in [4.69, 9.17) is 11.6 Å². The predicted molar refractivity (Wildman–Crippen MR) is 50.3 cm³/mol. The fraction of sp³-hybridized carbons (Fsp3) is 0.500. The third-order valence-corrected chi connectivity index (χ3v) is 1.57. The van der Waals surface area contributed by atoms with Crippen molar-refractivity contribution in [3.05, 3.63) is 17.3 Å². The van der Waals surface area contributed by atoms with Crippen LogP contribution in [0.1, 0.15) is 13.8 Å². The molecule has 13 heavy (non-hydrogen) atoms. The van der Waals surface area contributed by atoms with E-state index < -0.39 is 5.82 Å². The number of hydrogen-bond acceptors (Lipinski definition) is 3. The van der Waals surface area contributed by atoms with Gasteiger partial charge < -0.3 is 5.32 Å². The molecule has 0 saturated heterocycles. The van der Waals surface area contributed by atoms with E-state index in [9.17, 15) is 4.39 Å². The van der Waals surface area contributed by atoms with Crippen LogP contribution in [0.3, 0.4) is 0 Å². The molecule has 0 radical (unpaired) electrons. The number of nitrogens with one attached hydrogen (secondary N) is 1. The van der Waals surface area contributed by atoms with Crippen molar-refractivity contribution >= 4 is 17.4 Å². The Morgan fingerprint density at radius 3 is 2.92 bits per heavy atom. The van der Waals surface area contributed by atoms with E-state index in [1.54, 1.807) is 0 Å². The summed E-state index contributed by atoms with van der Waals surface area (Å²) in [6, 6.07) is 0. The Bertz CT molecular complexity index is 291. The van der Waals surface area contributed by atoms with E-state index in [1.165, 1.54) is 0 Å². The zero-order valence-corrected chi connectivity index (χ0v) is 8.27. The van der Waals surface area contributed by atoms with Crippen molar-refractivity contribution in [2.45, 2.75) is 13.8 Å². The first kappa shape index (κ1) is 10.2. The summed E-state index contributed by atoms with van der Waals surface area (Å²) in [6.07, 6.45) is 1.05. The van der Waals surface area contributed by atoms with Crippen LogP contribution in [0.2, 0.25) is 5.28 Å². The van der Waals surface area contributed by atoms with Gasteiger partial charge in [0.1, 0.15) is 0 Å². The van der Waals surface area contributed by atoms with Crippen LogP contribution in [-0.2, 0) is 0 Å². The quantitative estimate of drug-likeness (QED) is 0.767. The first-order chi connectivity index (χ1) is 6.09. The number of aromatic nitrogens is 2. The molecule has 1 heterocycles. The molecule has 1 aromatic rings. The Morgan fingerprint density at radius 2 is 2.31 bits per heavy atom. The van der Waals surface area contributed by atoms with Crippen molar-refractivity contribution in [3.63, 3.8) is 0 Å². The lowest BCUT2D eigenvalue weighted by molar-refractivity contribution is 0.610. The standard InChI is InChI=1S/C8H11ClFN3/c1-5(2)3-11-7-6(10)4-12-8(9)13-7/h4-5H,3H2,1-2H3,(H,11,12,13). The molecule has 0 bridgehead atoms. The highest BCUT2D eigenvalue weighted by molar-refractivity contribution is 6.28. The van der Waals surface area contributed by atoms with Crippen LogP contribution in [0.4, 0.5) is 10.2 Å². The number of anilines is 1. The minimum Gasteiger partial charge on any atom is -0.367 e. The van der Waals surface area contributed by atoms with E-state index in [1.807, 2.05) is 13.8 Å². The zero-order valence-electron chi connectivity index (χ0n) is 7.51. The smallest absolute Gasteiger partial charge is 0.224 e. The van der Waals surface area contributed by atoms with Gasteiger partial charge in [0.2, 0.25) is 5.28 Å². The maximum atomic E-state index is 13.0. The number of nitrogens with zero attached hydrogens (tertiary/aromatic N) is 2. The van der Waals surface area contributed by atoms with Gasteiger partial charge in [-0.25, -0.2) is 9.37 Å². The van der Waals surface area contributed by atoms with E-state index in [0.717, 1.165) is 6.20 Å². The average molecular weight is 204 g/mol. The van der Waals surface area contributed by atoms with E-state index in [2.05, 4.69) is 15.3 Å². The monoisotopic (exact) mass is 203 g/mol. The Kier molecular flexibility index (Phi) is 3.42. The fourth-order valence-electron chi connectivity index (χ4n) is 0.770. The highest BCUT2D eigenvalue weighted by Crippen LogP contribution is 2.12. The normalized spacial score (nSPS) is 10.5. The van der Waals surface area contributed by atoms with Gasteiger partial charge in [-0.3, -0.25) is 0 Å². The number of rotatable bonds is 3. The highest BCUT2D eigenvalue weighted by Gasteiger charge is 2.05. The Labute approximate surface area is 81.3 Å². The van der Waals surface area contributed by atoms with Crippen LogP contribution in [0.15, 0.2) is 6.20 Å². The molecule has 0 aliphatic carbocycles. The highest BCUT2D eigenvalue weighted by atomic mass is 35.5. The van der Waals surface area contributed by atoms with E-state index in [-0.39, 0.29) is 11.1 Å². The van der Waals surface area contributed by atoms with Crippen LogP contribution < -0.4 is 5.32 Å². The minimum absolute atomic E-state index is 0.0488. The molecule has 0 aliphatic heterocycles. The van der Waals surface area contributed by atoms with E-state index in [0.29, 0.717) is 12.5 Å². The molecule has 0 spiro atoms. The molecule has 3 nitrogen and oxygen atoms in total. The molecule has 1 aromatic heterocycles. The van der Waals surface area contributed by atoms with Crippen molar-refractivity contribution in [1.29, 1.82) is 0 Å². The van der Waals surface area contributed by atoms with Gasteiger partial charge in [0.25, 0.3) is 0 Å². The summed E-state index contributed by atoms with van der Waals surface area (Å²) < 4.78 is 13.0. The topological polar surface area (TPSA) is 37.8 Å². The first-order valence-corrected chi connectivity index (χ1v) is 4.39. The van der Waals surface area contributed by atoms with Gasteiger partial charge in [0.15, 0.2) is 11.6 Å². The molecular weight excluding hydrogens is 193 g/mol. The second-order valence-electron chi connectivity index (χ2n) is 3.11. The van der Waals surface area contributed by atoms with Crippen molar-refractivity contribution in [2.75, 3.05) is 11.9 Å². The second kappa shape index (κ2) is 4.37. The minimum atomic E-state index is -0.481. The zero-order chi connectivity index (χ0) is 9.84. The lowest BCUT2D eigenvalue weighted by Crippen LogP contribution is -2.11. The lowest BCUT2D eigenvalue weighted by Gasteiger charge is -2.08. The van der Waals surface area contributed by atoms with Crippen molar-refractivity contribution < 1.29 is 4.39 Å². The largest absolute Gasteiger partial charge is 0.367 e. The fourth-order valence-corrected chi connectivity index (χ4v) is 0.904. The molecular formula is C8H11ClFN3. The molecule has 5 heteroatoms. The van der Waals surface area contributed by atoms with Gasteiger partial charge >= 0.3 is 0 Å². The summed E-state index contributed by atoms with van der Waals surface area (Å²) in [5.74, 6) is 0.104. The van der Waals surface area contributed by atoms with Gasteiger partial charge in [-0.2, -0.15) is 4.98 Å². The molecule has 0 aliphatic rings. The van der Waals surface area contributed by atoms with Crippen molar-refractivity contribution in [1.82, 2.24) is 9.97 Å². The Balaban J connectivity index is 2.70. The Hall–Kier alpha value is -0.900. The maximum absolute atomic E-state index is 13.0. The van der Waals surface area contributed by atoms with Gasteiger partial charge in [-0.05, 0) is 17.5 Å². The van der Waals surface area contributed by atoms with Crippen molar-refractivity contribution in [3.8, 4) is 0 Å². The molecule has 1 rings (SSSR count). The van der Waals surface area contributed by atoms with Gasteiger partial charge in [-0.1, -0.05) is 13.8 Å². The predicted octanol–water partition coefficient (Wildman–Crippen LogP) is 2.34. The van der Waals surface area contributed by atoms with Crippen LogP contribution in [0, 0.1) is 11.7 Å². The van der Waals surface area contributed by atoms with Gasteiger partial charge in [0, 0.05) is 6.54 Å². The molecule has 0 unspecified atom stereocenters. The van der Waals surface area contributed by atoms with Gasteiger partial charge in [0.05, 0.1) is 6.20 Å². The second-order valence-corrected chi connectivity index (χ2v) is 3.45. The summed E-state index contributed by atoms with van der Waals surface area (Å²) in [6.45, 7) is 4.70. The molecule has 0 saturated carbocycles. The summed E-state index contributed by atoms with van der Waals surface area (Å²) in [4.78, 5) is 7.22. The number of hydrogen-bond donors (Lipinski definition) is 1. The van der Waals surface area contributed by atoms with Gasteiger partial charge in [-0.15, -0.1) is 0 Å². The molecule has 1 N–H and O–H groups in total. The first-order valence-electron chi connectivity index (χ1n) is 4.01. The third-order valence-electron chi connectivity index (χ3n) is 1.39. The lowest BCUT2D eigenvalue weighted by atomic mass is 10.2. The molecule has 0 aromatic carbocycles. The maximum Gasteiger partial charge on any atom is 0.224 e. The van der Waals surface area contributed by atoms with Crippen LogP contribution in [0.25, 0.3) is 0 Å². The van der Waals surface area contributed by atoms with Crippen LogP contribution >= 0.6 is 11.6 Å². The molecule has 72 valence electrons. The SMILES string of the molecule is CC(C)CNc1nc(Cl)ncc1F.